The van der Waals surface area contributed by atoms with Gasteiger partial charge in [-0.3, -0.25) is 10.1 Å². The highest BCUT2D eigenvalue weighted by Gasteiger charge is 2.17. The third kappa shape index (κ3) is 5.09. The van der Waals surface area contributed by atoms with E-state index in [1.54, 1.807) is 0 Å². The highest BCUT2D eigenvalue weighted by molar-refractivity contribution is 9.10. The molecule has 1 aromatic rings. The minimum Gasteiger partial charge on any atom is -0.378 e. The zero-order valence-corrected chi connectivity index (χ0v) is 12.2. The van der Waals surface area contributed by atoms with E-state index in [4.69, 9.17) is 0 Å². The quantitative estimate of drug-likeness (QED) is 0.457. The molecule has 0 saturated heterocycles. The third-order valence-corrected chi connectivity index (χ3v) is 3.38. The average Bonchev–Trinajstić information content (AvgIpc) is 2.27. The number of nitro groups is 1. The average molecular weight is 356 g/mol. The maximum atomic E-state index is 13.2. The predicted molar refractivity (Wildman–Crippen MR) is 72.1 cm³/mol. The Bertz CT molecular complexity index is 593. The van der Waals surface area contributed by atoms with Crippen LogP contribution in [0.15, 0.2) is 16.6 Å². The molecule has 2 N–H and O–H groups in total. The maximum Gasteiger partial charge on any atom is 0.295 e. The fraction of sp³-hybridized carbons (Fsp3) is 0.333. The van der Waals surface area contributed by atoms with E-state index in [0.29, 0.717) is 0 Å². The van der Waals surface area contributed by atoms with Crippen LogP contribution < -0.4 is 10.0 Å². The van der Waals surface area contributed by atoms with Crippen LogP contribution in [0.25, 0.3) is 0 Å². The van der Waals surface area contributed by atoms with Crippen molar-refractivity contribution in [1.82, 2.24) is 4.72 Å². The summed E-state index contributed by atoms with van der Waals surface area (Å²) < 4.78 is 37.1. The lowest BCUT2D eigenvalue weighted by Gasteiger charge is -2.08. The molecule has 0 bridgehead atoms. The summed E-state index contributed by atoms with van der Waals surface area (Å²) >= 11 is 2.92. The van der Waals surface area contributed by atoms with Crippen LogP contribution in [0.3, 0.4) is 0 Å². The molecule has 0 fully saturated rings. The number of nitrogens with zero attached hydrogens (tertiary/aromatic N) is 1. The Balaban J connectivity index is 2.77. The number of hydrogen-bond acceptors (Lipinski definition) is 5. The first-order valence-electron chi connectivity index (χ1n) is 5.02. The van der Waals surface area contributed by atoms with E-state index in [0.717, 1.165) is 12.3 Å². The van der Waals surface area contributed by atoms with Crippen LogP contribution in [0.4, 0.5) is 15.8 Å². The van der Waals surface area contributed by atoms with Gasteiger partial charge >= 0.3 is 0 Å². The molecule has 0 unspecified atom stereocenters. The van der Waals surface area contributed by atoms with E-state index < -0.39 is 26.5 Å². The second-order valence-electron chi connectivity index (χ2n) is 3.63. The number of sulfonamides is 1. The van der Waals surface area contributed by atoms with Gasteiger partial charge in [0.05, 0.1) is 21.7 Å². The number of rotatable bonds is 6. The van der Waals surface area contributed by atoms with Gasteiger partial charge in [-0.05, 0) is 22.0 Å². The van der Waals surface area contributed by atoms with E-state index in [9.17, 15) is 22.9 Å². The van der Waals surface area contributed by atoms with Crippen LogP contribution in [-0.2, 0) is 10.0 Å². The van der Waals surface area contributed by atoms with Gasteiger partial charge in [-0.1, -0.05) is 0 Å². The predicted octanol–water partition coefficient (Wildman–Crippen LogP) is 1.46. The second kappa shape index (κ2) is 6.26. The van der Waals surface area contributed by atoms with Crippen molar-refractivity contribution >= 4 is 37.3 Å². The first-order valence-corrected chi connectivity index (χ1v) is 7.71. The molecule has 0 aliphatic carbocycles. The Labute approximate surface area is 117 Å². The Morgan fingerprint density at radius 1 is 1.42 bits per heavy atom. The molecule has 0 heterocycles. The largest absolute Gasteiger partial charge is 0.378 e. The number of benzene rings is 1. The molecule has 0 amide bonds. The van der Waals surface area contributed by atoms with Gasteiger partial charge in [0.15, 0.2) is 0 Å². The molecule has 1 rings (SSSR count). The summed E-state index contributed by atoms with van der Waals surface area (Å²) in [5.41, 5.74) is -0.311. The van der Waals surface area contributed by atoms with E-state index in [1.165, 1.54) is 6.07 Å². The zero-order valence-electron chi connectivity index (χ0n) is 9.81. The Kier molecular flexibility index (Phi) is 5.20. The summed E-state index contributed by atoms with van der Waals surface area (Å²) in [5, 5.41) is 13.4. The molecular weight excluding hydrogens is 345 g/mol. The van der Waals surface area contributed by atoms with E-state index in [2.05, 4.69) is 26.0 Å². The minimum absolute atomic E-state index is 0.0605. The molecule has 0 saturated carbocycles. The van der Waals surface area contributed by atoms with Crippen LogP contribution in [0.5, 0.6) is 0 Å². The zero-order chi connectivity index (χ0) is 14.6. The lowest BCUT2D eigenvalue weighted by Crippen LogP contribution is -2.27. The summed E-state index contributed by atoms with van der Waals surface area (Å²) in [7, 11) is -3.31. The number of anilines is 1. The monoisotopic (exact) mass is 355 g/mol. The van der Waals surface area contributed by atoms with Crippen LogP contribution in [0, 0.1) is 15.9 Å². The van der Waals surface area contributed by atoms with E-state index in [-0.39, 0.29) is 23.2 Å². The lowest BCUT2D eigenvalue weighted by atomic mass is 10.2. The van der Waals surface area contributed by atoms with Crippen molar-refractivity contribution in [3.8, 4) is 0 Å². The third-order valence-electron chi connectivity index (χ3n) is 2.04. The molecule has 0 aromatic heterocycles. The standard InChI is InChI=1S/C9H11BrFN3O4S/c1-19(17,18)13-3-2-12-8-4-6(10)7(11)5-9(8)14(15)16/h4-5,12-13H,2-3H2,1H3. The molecule has 7 nitrogen and oxygen atoms in total. The van der Waals surface area contributed by atoms with Crippen molar-refractivity contribution in [2.24, 2.45) is 0 Å². The molecule has 0 radical (unpaired) electrons. The SMILES string of the molecule is CS(=O)(=O)NCCNc1cc(Br)c(F)cc1[N+](=O)[O-]. The van der Waals surface area contributed by atoms with Gasteiger partial charge in [0.2, 0.25) is 10.0 Å². The van der Waals surface area contributed by atoms with Crippen molar-refractivity contribution in [3.05, 3.63) is 32.5 Å². The van der Waals surface area contributed by atoms with Crippen molar-refractivity contribution in [2.45, 2.75) is 0 Å². The van der Waals surface area contributed by atoms with Crippen molar-refractivity contribution in [2.75, 3.05) is 24.7 Å². The highest BCUT2D eigenvalue weighted by Crippen LogP contribution is 2.30. The minimum atomic E-state index is -3.31. The van der Waals surface area contributed by atoms with Gasteiger partial charge in [-0.2, -0.15) is 0 Å². The molecule has 1 aromatic carbocycles. The van der Waals surface area contributed by atoms with Gasteiger partial charge in [0.25, 0.3) is 5.69 Å². The van der Waals surface area contributed by atoms with Gasteiger partial charge in [-0.25, -0.2) is 17.5 Å². The summed E-state index contributed by atoms with van der Waals surface area (Å²) in [6, 6.07) is 2.02. The molecule has 0 atom stereocenters. The van der Waals surface area contributed by atoms with Crippen LogP contribution >= 0.6 is 15.9 Å². The highest BCUT2D eigenvalue weighted by atomic mass is 79.9. The first kappa shape index (κ1) is 15.8. The van der Waals surface area contributed by atoms with Gasteiger partial charge in [0.1, 0.15) is 11.5 Å². The normalized spacial score (nSPS) is 11.3. The van der Waals surface area contributed by atoms with Gasteiger partial charge in [0, 0.05) is 13.1 Å². The summed E-state index contributed by atoms with van der Waals surface area (Å²) in [6.07, 6.45) is 1.00. The second-order valence-corrected chi connectivity index (χ2v) is 6.32. The topological polar surface area (TPSA) is 101 Å². The van der Waals surface area contributed by atoms with Crippen LogP contribution in [0.1, 0.15) is 0 Å². The molecule has 0 spiro atoms. The lowest BCUT2D eigenvalue weighted by molar-refractivity contribution is -0.384. The summed E-state index contributed by atoms with van der Waals surface area (Å²) in [6.45, 7) is 0.191. The molecule has 106 valence electrons. The fourth-order valence-electron chi connectivity index (χ4n) is 1.26. The Hall–Kier alpha value is -1.26. The Morgan fingerprint density at radius 3 is 2.58 bits per heavy atom. The van der Waals surface area contributed by atoms with Crippen molar-refractivity contribution in [3.63, 3.8) is 0 Å². The summed E-state index contributed by atoms with van der Waals surface area (Å²) in [4.78, 5) is 10.0. The number of nitrogens with one attached hydrogen (secondary N) is 2. The molecule has 0 aliphatic rings. The van der Waals surface area contributed by atoms with E-state index >= 15 is 0 Å². The number of hydrogen-bond donors (Lipinski definition) is 2. The van der Waals surface area contributed by atoms with Crippen LogP contribution in [0.2, 0.25) is 0 Å². The fourth-order valence-corrected chi connectivity index (χ4v) is 2.08. The Morgan fingerprint density at radius 2 is 2.05 bits per heavy atom. The molecular formula is C9H11BrFN3O4S. The molecule has 19 heavy (non-hydrogen) atoms. The van der Waals surface area contributed by atoms with Crippen molar-refractivity contribution in [1.29, 1.82) is 0 Å². The first-order chi connectivity index (χ1) is 8.70. The number of nitro benzene ring substituents is 1. The van der Waals surface area contributed by atoms with Gasteiger partial charge in [-0.15, -0.1) is 0 Å². The molecule has 0 aliphatic heterocycles. The van der Waals surface area contributed by atoms with Crippen LogP contribution in [-0.4, -0.2) is 32.7 Å². The van der Waals surface area contributed by atoms with E-state index in [1.807, 2.05) is 0 Å². The summed E-state index contributed by atoms with van der Waals surface area (Å²) in [5.74, 6) is -0.744. The number of halogens is 2. The van der Waals surface area contributed by atoms with Gasteiger partial charge < -0.3 is 5.32 Å². The van der Waals surface area contributed by atoms with Crippen molar-refractivity contribution < 1.29 is 17.7 Å². The molecule has 10 heteroatoms. The smallest absolute Gasteiger partial charge is 0.295 e. The maximum absolute atomic E-state index is 13.2.